The van der Waals surface area contributed by atoms with Crippen LogP contribution < -0.4 is 9.64 Å². The molecular weight excluding hydrogens is 524 g/mol. The lowest BCUT2D eigenvalue weighted by Gasteiger charge is -2.22. The van der Waals surface area contributed by atoms with E-state index >= 15 is 0 Å². The summed E-state index contributed by atoms with van der Waals surface area (Å²) in [4.78, 5) is 21.8. The highest BCUT2D eigenvalue weighted by atomic mass is 32.2. The first kappa shape index (κ1) is 29.0. The van der Waals surface area contributed by atoms with Gasteiger partial charge in [-0.15, -0.1) is 0 Å². The second kappa shape index (κ2) is 13.3. The van der Waals surface area contributed by atoms with Gasteiger partial charge in [0.2, 0.25) is 10.0 Å². The molecule has 0 unspecified atom stereocenters. The summed E-state index contributed by atoms with van der Waals surface area (Å²) in [5.74, 6) is 0.433. The van der Waals surface area contributed by atoms with Crippen LogP contribution in [0.3, 0.4) is 0 Å². The zero-order valence-corrected chi connectivity index (χ0v) is 23.3. The van der Waals surface area contributed by atoms with E-state index in [1.54, 1.807) is 4.90 Å². The number of ether oxygens (including phenoxy) is 1. The number of carbonyl (C=O) groups is 1. The van der Waals surface area contributed by atoms with Gasteiger partial charge in [0.15, 0.2) is 5.13 Å². The zero-order chi connectivity index (χ0) is 27.7. The third kappa shape index (κ3) is 7.05. The minimum Gasteiger partial charge on any atom is -0.494 e. The van der Waals surface area contributed by atoms with Gasteiger partial charge < -0.3 is 9.64 Å². The quantitative estimate of drug-likeness (QED) is 0.312. The zero-order valence-electron chi connectivity index (χ0n) is 21.6. The van der Waals surface area contributed by atoms with Crippen LogP contribution in [0.25, 0.3) is 10.2 Å². The summed E-state index contributed by atoms with van der Waals surface area (Å²) in [6, 6.07) is 15.2. The summed E-state index contributed by atoms with van der Waals surface area (Å²) >= 11 is 1.39. The van der Waals surface area contributed by atoms with Crippen molar-refractivity contribution in [2.75, 3.05) is 51.8 Å². The van der Waals surface area contributed by atoms with Gasteiger partial charge in [0.1, 0.15) is 5.75 Å². The van der Waals surface area contributed by atoms with Gasteiger partial charge in [0, 0.05) is 44.6 Å². The van der Waals surface area contributed by atoms with E-state index in [1.807, 2.05) is 56.3 Å². The van der Waals surface area contributed by atoms with Crippen LogP contribution in [0.2, 0.25) is 0 Å². The molecule has 1 amide bonds. The number of rotatable bonds is 13. The molecule has 0 saturated carbocycles. The molecule has 0 saturated heterocycles. The fourth-order valence-corrected chi connectivity index (χ4v) is 6.08. The van der Waals surface area contributed by atoms with Crippen molar-refractivity contribution < 1.29 is 17.9 Å². The predicted octanol–water partition coefficient (Wildman–Crippen LogP) is 3.72. The van der Waals surface area contributed by atoms with Crippen LogP contribution in [0.5, 0.6) is 5.75 Å². The van der Waals surface area contributed by atoms with Crippen molar-refractivity contribution in [2.24, 2.45) is 0 Å². The lowest BCUT2D eigenvalue weighted by molar-refractivity contribution is 0.0985. The SMILES string of the molecule is CCOc1ccc2nc(N(CCN(C)C)C(=O)c3ccc(S(=O)(=O)N(CCC#N)CCC#N)cc3)sc2c1. The molecule has 3 aromatic rings. The number of sulfonamides is 1. The molecular formula is C26H30N6O4S2. The highest BCUT2D eigenvalue weighted by Crippen LogP contribution is 2.32. The van der Waals surface area contributed by atoms with Crippen molar-refractivity contribution in [2.45, 2.75) is 24.7 Å². The summed E-state index contributed by atoms with van der Waals surface area (Å²) in [5, 5.41) is 18.3. The fraction of sp³-hybridized carbons (Fsp3) is 0.385. The molecule has 0 aliphatic rings. The molecule has 10 nitrogen and oxygen atoms in total. The Morgan fingerprint density at radius 3 is 2.24 bits per heavy atom. The average molecular weight is 555 g/mol. The van der Waals surface area contributed by atoms with E-state index in [9.17, 15) is 13.2 Å². The summed E-state index contributed by atoms with van der Waals surface area (Å²) in [7, 11) is -0.0986. The Labute approximate surface area is 227 Å². The van der Waals surface area contributed by atoms with Gasteiger partial charge >= 0.3 is 0 Å². The Morgan fingerprint density at radius 1 is 1.00 bits per heavy atom. The second-order valence-electron chi connectivity index (χ2n) is 8.56. The van der Waals surface area contributed by atoms with E-state index in [0.29, 0.717) is 30.4 Å². The molecule has 0 aliphatic carbocycles. The van der Waals surface area contributed by atoms with E-state index in [4.69, 9.17) is 15.3 Å². The number of nitrogens with zero attached hydrogens (tertiary/aromatic N) is 6. The molecule has 0 radical (unpaired) electrons. The Balaban J connectivity index is 1.90. The standard InChI is InChI=1S/C26H30N6O4S2/c1-4-36-21-9-12-23-24(19-21)37-26(29-23)32(18-17-30(2)3)25(33)20-7-10-22(11-8-20)38(34,35)31(15-5-13-27)16-6-14-28/h7-12,19H,4-6,15-18H2,1-3H3. The van der Waals surface area contributed by atoms with Crippen LogP contribution in [0.15, 0.2) is 47.4 Å². The maximum atomic E-state index is 13.6. The highest BCUT2D eigenvalue weighted by Gasteiger charge is 2.26. The number of anilines is 1. The van der Waals surface area contributed by atoms with Crippen molar-refractivity contribution >= 4 is 42.6 Å². The monoisotopic (exact) mass is 554 g/mol. The van der Waals surface area contributed by atoms with Gasteiger partial charge in [-0.2, -0.15) is 14.8 Å². The van der Waals surface area contributed by atoms with Crippen molar-refractivity contribution in [3.8, 4) is 17.9 Å². The molecule has 2 aromatic carbocycles. The largest absolute Gasteiger partial charge is 0.494 e. The second-order valence-corrected chi connectivity index (χ2v) is 11.5. The van der Waals surface area contributed by atoms with E-state index in [2.05, 4.69) is 4.98 Å². The van der Waals surface area contributed by atoms with Gasteiger partial charge in [-0.1, -0.05) is 11.3 Å². The van der Waals surface area contributed by atoms with E-state index in [-0.39, 0.29) is 36.7 Å². The third-order valence-electron chi connectivity index (χ3n) is 5.59. The molecule has 3 rings (SSSR count). The number of thiazole rings is 1. The number of carbonyl (C=O) groups excluding carboxylic acids is 1. The van der Waals surface area contributed by atoms with Gasteiger partial charge in [0.05, 0.1) is 33.9 Å². The summed E-state index contributed by atoms with van der Waals surface area (Å²) < 4.78 is 33.8. The first-order valence-corrected chi connectivity index (χ1v) is 14.3. The van der Waals surface area contributed by atoms with Crippen LogP contribution in [0, 0.1) is 22.7 Å². The number of fused-ring (bicyclic) bond motifs is 1. The topological polar surface area (TPSA) is 131 Å². The lowest BCUT2D eigenvalue weighted by Crippen LogP contribution is -2.36. The maximum Gasteiger partial charge on any atom is 0.260 e. The molecule has 1 aromatic heterocycles. The van der Waals surface area contributed by atoms with Gasteiger partial charge in [0.25, 0.3) is 5.91 Å². The van der Waals surface area contributed by atoms with Crippen LogP contribution in [-0.2, 0) is 10.0 Å². The number of amides is 1. The summed E-state index contributed by atoms with van der Waals surface area (Å²) in [6.45, 7) is 3.43. The van der Waals surface area contributed by atoms with E-state index in [0.717, 1.165) is 20.3 Å². The summed E-state index contributed by atoms with van der Waals surface area (Å²) in [5.41, 5.74) is 1.07. The van der Waals surface area contributed by atoms with Gasteiger partial charge in [-0.3, -0.25) is 9.69 Å². The third-order valence-corrected chi connectivity index (χ3v) is 8.55. The Hall–Kier alpha value is -3.55. The molecule has 0 fully saturated rings. The molecule has 0 spiro atoms. The normalized spacial score (nSPS) is 11.4. The van der Waals surface area contributed by atoms with Crippen LogP contribution in [0.4, 0.5) is 5.13 Å². The van der Waals surface area contributed by atoms with Crippen LogP contribution in [-0.4, -0.2) is 75.4 Å². The minimum atomic E-state index is -3.93. The number of aromatic nitrogens is 1. The molecule has 0 N–H and O–H groups in total. The first-order valence-electron chi connectivity index (χ1n) is 12.0. The van der Waals surface area contributed by atoms with Gasteiger partial charge in [-0.25, -0.2) is 13.4 Å². The molecule has 38 heavy (non-hydrogen) atoms. The fourth-order valence-electron chi connectivity index (χ4n) is 3.62. The molecule has 0 aliphatic heterocycles. The van der Waals surface area contributed by atoms with Crippen LogP contribution in [0.1, 0.15) is 30.1 Å². The number of hydrogen-bond donors (Lipinski definition) is 0. The van der Waals surface area contributed by atoms with Crippen LogP contribution >= 0.6 is 11.3 Å². The lowest BCUT2D eigenvalue weighted by atomic mass is 10.2. The predicted molar refractivity (Wildman–Crippen MR) is 147 cm³/mol. The smallest absolute Gasteiger partial charge is 0.260 e. The van der Waals surface area contributed by atoms with Crippen molar-refractivity contribution in [3.05, 3.63) is 48.0 Å². The van der Waals surface area contributed by atoms with Crippen molar-refractivity contribution in [3.63, 3.8) is 0 Å². The Bertz CT molecular complexity index is 1420. The highest BCUT2D eigenvalue weighted by molar-refractivity contribution is 7.89. The first-order chi connectivity index (χ1) is 18.2. The number of benzene rings is 2. The molecule has 200 valence electrons. The van der Waals surface area contributed by atoms with E-state index < -0.39 is 10.0 Å². The number of hydrogen-bond acceptors (Lipinski definition) is 9. The molecule has 0 bridgehead atoms. The molecule has 12 heteroatoms. The Morgan fingerprint density at radius 2 is 1.66 bits per heavy atom. The summed E-state index contributed by atoms with van der Waals surface area (Å²) in [6.07, 6.45) is 0.0204. The average Bonchev–Trinajstić information content (AvgIpc) is 3.31. The molecule has 1 heterocycles. The van der Waals surface area contributed by atoms with Gasteiger partial charge in [-0.05, 0) is 63.5 Å². The minimum absolute atomic E-state index is 0.00629. The maximum absolute atomic E-state index is 13.6. The number of likely N-dealkylation sites (N-methyl/N-ethyl adjacent to an activating group) is 1. The Kier molecular flexibility index (Phi) is 10.2. The van der Waals surface area contributed by atoms with Crippen molar-refractivity contribution in [1.82, 2.24) is 14.2 Å². The van der Waals surface area contributed by atoms with E-state index in [1.165, 1.54) is 35.6 Å². The van der Waals surface area contributed by atoms with Crippen molar-refractivity contribution in [1.29, 1.82) is 10.5 Å². The number of nitriles is 2. The molecule has 0 atom stereocenters.